The fraction of sp³-hybridized carbons (Fsp3) is 0.533. The predicted octanol–water partition coefficient (Wildman–Crippen LogP) is 4.44. The molecule has 1 N–H and O–H groups in total. The van der Waals surface area contributed by atoms with Crippen LogP contribution in [0.5, 0.6) is 5.75 Å². The molecule has 214 valence electrons. The second-order valence-corrected chi connectivity index (χ2v) is 13.4. The summed E-state index contributed by atoms with van der Waals surface area (Å²) in [6, 6.07) is 16.0. The molecule has 2 unspecified atom stereocenters. The van der Waals surface area contributed by atoms with Crippen LogP contribution in [0.1, 0.15) is 53.0 Å². The van der Waals surface area contributed by atoms with Gasteiger partial charge in [0, 0.05) is 19.6 Å². The Hall–Kier alpha value is -2.91. The highest BCUT2D eigenvalue weighted by molar-refractivity contribution is 7.89. The molecule has 39 heavy (non-hydrogen) atoms. The summed E-state index contributed by atoms with van der Waals surface area (Å²) in [6.07, 6.45) is 1.60. The third-order valence-corrected chi connectivity index (χ3v) is 8.47. The third-order valence-electron chi connectivity index (χ3n) is 7.03. The van der Waals surface area contributed by atoms with E-state index < -0.39 is 32.9 Å². The number of benzene rings is 2. The molecule has 0 radical (unpaired) electrons. The van der Waals surface area contributed by atoms with Gasteiger partial charge in [-0.3, -0.25) is 9.59 Å². The molecule has 1 aliphatic heterocycles. The van der Waals surface area contributed by atoms with Crippen molar-refractivity contribution >= 4 is 21.9 Å². The number of sulfonamides is 1. The normalized spacial score (nSPS) is 18.8. The van der Waals surface area contributed by atoms with E-state index in [1.54, 1.807) is 32.9 Å². The van der Waals surface area contributed by atoms with Crippen LogP contribution in [0.4, 0.5) is 0 Å². The van der Waals surface area contributed by atoms with E-state index in [1.165, 1.54) is 19.2 Å². The van der Waals surface area contributed by atoms with Gasteiger partial charge in [-0.25, -0.2) is 13.1 Å². The minimum atomic E-state index is -3.96. The number of nitrogens with zero attached hydrogens (tertiary/aromatic N) is 1. The average molecular weight is 559 g/mol. The van der Waals surface area contributed by atoms with Crippen molar-refractivity contribution in [3.05, 3.63) is 60.2 Å². The first kappa shape index (κ1) is 30.6. The van der Waals surface area contributed by atoms with Gasteiger partial charge in [-0.2, -0.15) is 0 Å². The molecule has 1 saturated heterocycles. The van der Waals surface area contributed by atoms with Gasteiger partial charge in [-0.15, -0.1) is 0 Å². The zero-order chi connectivity index (χ0) is 28.8. The summed E-state index contributed by atoms with van der Waals surface area (Å²) in [5.74, 6) is -1.04. The van der Waals surface area contributed by atoms with Crippen LogP contribution < -0.4 is 9.46 Å². The molecule has 0 bridgehead atoms. The second-order valence-electron chi connectivity index (χ2n) is 11.6. The summed E-state index contributed by atoms with van der Waals surface area (Å²) in [6.45, 7) is 10.1. The zero-order valence-corrected chi connectivity index (χ0v) is 24.7. The lowest BCUT2D eigenvalue weighted by Crippen LogP contribution is -2.50. The second kappa shape index (κ2) is 12.5. The Morgan fingerprint density at radius 1 is 1.08 bits per heavy atom. The highest BCUT2D eigenvalue weighted by Crippen LogP contribution is 2.45. The molecule has 2 aromatic carbocycles. The molecule has 2 atom stereocenters. The maximum absolute atomic E-state index is 14.1. The van der Waals surface area contributed by atoms with Gasteiger partial charge in [0.15, 0.2) is 0 Å². The smallest absolute Gasteiger partial charge is 0.311 e. The van der Waals surface area contributed by atoms with E-state index in [-0.39, 0.29) is 23.3 Å². The van der Waals surface area contributed by atoms with Crippen molar-refractivity contribution in [2.45, 2.75) is 64.4 Å². The summed E-state index contributed by atoms with van der Waals surface area (Å²) in [7, 11) is -2.45. The lowest BCUT2D eigenvalue weighted by molar-refractivity contribution is -0.168. The fourth-order valence-corrected chi connectivity index (χ4v) is 6.32. The highest BCUT2D eigenvalue weighted by atomic mass is 32.2. The molecule has 8 nitrogen and oxygen atoms in total. The molecule has 3 rings (SSSR count). The van der Waals surface area contributed by atoms with Gasteiger partial charge in [0.25, 0.3) is 0 Å². The molecule has 1 amide bonds. The highest BCUT2D eigenvalue weighted by Gasteiger charge is 2.55. The largest absolute Gasteiger partial charge is 0.497 e. The Balaban J connectivity index is 1.91. The number of rotatable bonds is 12. The molecule has 2 aromatic rings. The van der Waals surface area contributed by atoms with Gasteiger partial charge in [0.1, 0.15) is 11.4 Å². The minimum absolute atomic E-state index is 0.0476. The van der Waals surface area contributed by atoms with E-state index >= 15 is 0 Å². The van der Waals surface area contributed by atoms with Gasteiger partial charge in [-0.1, -0.05) is 44.2 Å². The van der Waals surface area contributed by atoms with Crippen molar-refractivity contribution in [2.75, 3.05) is 26.7 Å². The quantitative estimate of drug-likeness (QED) is 0.387. The number of carbonyl (C=O) groups excluding carboxylic acids is 2. The van der Waals surface area contributed by atoms with Crippen molar-refractivity contribution in [3.63, 3.8) is 0 Å². The standard InChI is InChI=1S/C30H42N2O6S/c1-22(2)20-30(17-19-32(28(30)34)18-16-23-10-8-7-9-11-23)26(27(33)38-29(3,4)5)21-31-39(35,36)25-14-12-24(37-6)13-15-25/h7-15,22,26,31H,16-21H2,1-6H3. The van der Waals surface area contributed by atoms with Crippen LogP contribution in [-0.4, -0.2) is 57.5 Å². The van der Waals surface area contributed by atoms with Crippen molar-refractivity contribution in [3.8, 4) is 5.75 Å². The molecule has 9 heteroatoms. The Kier molecular flexibility index (Phi) is 9.83. The van der Waals surface area contributed by atoms with Gasteiger partial charge < -0.3 is 14.4 Å². The Morgan fingerprint density at radius 2 is 1.72 bits per heavy atom. The number of hydrogen-bond donors (Lipinski definition) is 1. The SMILES string of the molecule is COc1ccc(S(=O)(=O)NCC(C(=O)OC(C)(C)C)C2(CC(C)C)CCN(CCc3ccccc3)C2=O)cc1. The molecule has 0 spiro atoms. The van der Waals surface area contributed by atoms with Gasteiger partial charge in [-0.05, 0) is 75.8 Å². The van der Waals surface area contributed by atoms with Crippen LogP contribution >= 0.6 is 0 Å². The summed E-state index contributed by atoms with van der Waals surface area (Å²) >= 11 is 0. The number of nitrogens with one attached hydrogen (secondary N) is 1. The van der Waals surface area contributed by atoms with Crippen molar-refractivity contribution in [1.82, 2.24) is 9.62 Å². The third kappa shape index (κ3) is 7.82. The van der Waals surface area contributed by atoms with E-state index in [4.69, 9.17) is 9.47 Å². The van der Waals surface area contributed by atoms with Crippen LogP contribution in [0.15, 0.2) is 59.5 Å². The maximum atomic E-state index is 14.1. The number of likely N-dealkylation sites (tertiary alicyclic amines) is 1. The van der Waals surface area contributed by atoms with E-state index in [2.05, 4.69) is 4.72 Å². The molecule has 1 aliphatic rings. The lowest BCUT2D eigenvalue weighted by Gasteiger charge is -2.37. The molecule has 1 fully saturated rings. The molecule has 0 saturated carbocycles. The summed E-state index contributed by atoms with van der Waals surface area (Å²) in [5, 5.41) is 0. The van der Waals surface area contributed by atoms with Gasteiger partial charge in [0.2, 0.25) is 15.9 Å². The Bertz CT molecular complexity index is 1220. The maximum Gasteiger partial charge on any atom is 0.311 e. The Morgan fingerprint density at radius 3 is 2.28 bits per heavy atom. The van der Waals surface area contributed by atoms with Crippen molar-refractivity contribution in [1.29, 1.82) is 0 Å². The van der Waals surface area contributed by atoms with Gasteiger partial charge in [0.05, 0.1) is 23.3 Å². The Labute approximate surface area is 233 Å². The van der Waals surface area contributed by atoms with E-state index in [1.807, 2.05) is 49.1 Å². The van der Waals surface area contributed by atoms with Crippen LogP contribution in [0, 0.1) is 17.3 Å². The van der Waals surface area contributed by atoms with Crippen molar-refractivity contribution in [2.24, 2.45) is 17.3 Å². The van der Waals surface area contributed by atoms with Crippen molar-refractivity contribution < 1.29 is 27.5 Å². The lowest BCUT2D eigenvalue weighted by atomic mass is 9.68. The first-order valence-electron chi connectivity index (χ1n) is 13.5. The van der Waals surface area contributed by atoms with Crippen LogP contribution in [0.25, 0.3) is 0 Å². The zero-order valence-electron chi connectivity index (χ0n) is 23.9. The first-order valence-corrected chi connectivity index (χ1v) is 15.0. The first-order chi connectivity index (χ1) is 18.3. The molecule has 0 aliphatic carbocycles. The summed E-state index contributed by atoms with van der Waals surface area (Å²) < 4.78 is 39.9. The number of hydrogen-bond acceptors (Lipinski definition) is 6. The van der Waals surface area contributed by atoms with Gasteiger partial charge >= 0.3 is 5.97 Å². The topological polar surface area (TPSA) is 102 Å². The number of carbonyl (C=O) groups is 2. The average Bonchev–Trinajstić information content (AvgIpc) is 3.17. The molecule has 0 aromatic heterocycles. The number of ether oxygens (including phenoxy) is 2. The minimum Gasteiger partial charge on any atom is -0.497 e. The summed E-state index contributed by atoms with van der Waals surface area (Å²) in [4.78, 5) is 29.6. The van der Waals surface area contributed by atoms with E-state index in [0.29, 0.717) is 38.1 Å². The predicted molar refractivity (Wildman–Crippen MR) is 151 cm³/mol. The molecular weight excluding hydrogens is 516 g/mol. The number of methoxy groups -OCH3 is 1. The number of esters is 1. The molecular formula is C30H42N2O6S. The van der Waals surface area contributed by atoms with E-state index in [9.17, 15) is 18.0 Å². The summed E-state index contributed by atoms with van der Waals surface area (Å²) in [5.41, 5.74) is -0.740. The van der Waals surface area contributed by atoms with Crippen LogP contribution in [0.3, 0.4) is 0 Å². The van der Waals surface area contributed by atoms with E-state index in [0.717, 1.165) is 5.56 Å². The molecule has 1 heterocycles. The number of amides is 1. The van der Waals surface area contributed by atoms with Crippen LogP contribution in [-0.2, 0) is 30.8 Å². The monoisotopic (exact) mass is 558 g/mol. The fourth-order valence-electron chi connectivity index (χ4n) is 5.27. The van der Waals surface area contributed by atoms with Crippen LogP contribution in [0.2, 0.25) is 0 Å².